The normalized spacial score (nSPS) is 18.2. The third-order valence-electron chi connectivity index (χ3n) is 2.27. The fourth-order valence-corrected chi connectivity index (χ4v) is 2.13. The van der Waals surface area contributed by atoms with E-state index in [4.69, 9.17) is 5.73 Å². The van der Waals surface area contributed by atoms with Crippen molar-refractivity contribution in [1.82, 2.24) is 0 Å². The summed E-state index contributed by atoms with van der Waals surface area (Å²) in [7, 11) is 0. The summed E-state index contributed by atoms with van der Waals surface area (Å²) in [6.07, 6.45) is 2.25. The highest BCUT2D eigenvalue weighted by Gasteiger charge is 2.14. The molecule has 1 nitrogen and oxygen atoms in total. The second-order valence-corrected chi connectivity index (χ2v) is 3.51. The molecule has 0 saturated heterocycles. The molecule has 2 heteroatoms. The Morgan fingerprint density at radius 2 is 2.17 bits per heavy atom. The average molecular weight is 224 g/mol. The molecule has 1 aliphatic rings. The summed E-state index contributed by atoms with van der Waals surface area (Å²) in [5, 5.41) is 0. The number of halogens is 1. The summed E-state index contributed by atoms with van der Waals surface area (Å²) in [5.74, 6) is 0. The summed E-state index contributed by atoms with van der Waals surface area (Å²) >= 11 is 3.37. The lowest BCUT2D eigenvalue weighted by Crippen LogP contribution is -1.87. The largest absolute Gasteiger partial charge is 0.399 e. The number of fused-ring (bicyclic) bond motifs is 1. The van der Waals surface area contributed by atoms with Gasteiger partial charge in [0.2, 0.25) is 0 Å². The number of hydrogen-bond acceptors (Lipinski definition) is 1. The van der Waals surface area contributed by atoms with Gasteiger partial charge in [0.25, 0.3) is 0 Å². The zero-order valence-electron chi connectivity index (χ0n) is 6.68. The second kappa shape index (κ2) is 2.94. The molecule has 0 bridgehead atoms. The van der Waals surface area contributed by atoms with Crippen molar-refractivity contribution in [2.45, 2.75) is 12.8 Å². The van der Waals surface area contributed by atoms with Crippen LogP contribution in [0.25, 0.3) is 5.57 Å². The van der Waals surface area contributed by atoms with Crippen LogP contribution in [0, 0.1) is 0 Å². The van der Waals surface area contributed by atoms with Gasteiger partial charge in [0.15, 0.2) is 0 Å². The van der Waals surface area contributed by atoms with Crippen molar-refractivity contribution in [1.29, 1.82) is 0 Å². The summed E-state index contributed by atoms with van der Waals surface area (Å²) in [5.41, 5.74) is 10.7. The summed E-state index contributed by atoms with van der Waals surface area (Å²) < 4.78 is 0. The summed E-state index contributed by atoms with van der Waals surface area (Å²) in [6, 6.07) is 6.13. The molecule has 0 spiro atoms. The second-order valence-electron chi connectivity index (χ2n) is 3.05. The molecule has 0 amide bonds. The van der Waals surface area contributed by atoms with Gasteiger partial charge in [-0.15, -0.1) is 0 Å². The maximum Gasteiger partial charge on any atom is 0.0317 e. The molecule has 0 unspecified atom stereocenters. The van der Waals surface area contributed by atoms with Crippen molar-refractivity contribution in [3.8, 4) is 0 Å². The molecule has 0 radical (unpaired) electrons. The van der Waals surface area contributed by atoms with Crippen molar-refractivity contribution >= 4 is 27.2 Å². The van der Waals surface area contributed by atoms with E-state index in [2.05, 4.69) is 28.1 Å². The van der Waals surface area contributed by atoms with Crippen LogP contribution in [0.5, 0.6) is 0 Å². The van der Waals surface area contributed by atoms with Crippen LogP contribution < -0.4 is 5.73 Å². The van der Waals surface area contributed by atoms with Crippen LogP contribution in [-0.4, -0.2) is 0 Å². The Labute approximate surface area is 80.4 Å². The Morgan fingerprint density at radius 3 is 2.92 bits per heavy atom. The average Bonchev–Trinajstić information content (AvgIpc) is 2.46. The van der Waals surface area contributed by atoms with E-state index in [1.165, 1.54) is 16.7 Å². The van der Waals surface area contributed by atoms with Gasteiger partial charge >= 0.3 is 0 Å². The third kappa shape index (κ3) is 1.16. The van der Waals surface area contributed by atoms with Crippen LogP contribution in [-0.2, 0) is 6.42 Å². The molecule has 0 fully saturated rings. The van der Waals surface area contributed by atoms with E-state index in [1.807, 2.05) is 11.1 Å². The molecular weight excluding hydrogens is 214 g/mol. The molecule has 0 aliphatic heterocycles. The van der Waals surface area contributed by atoms with Gasteiger partial charge in [-0.2, -0.15) is 0 Å². The van der Waals surface area contributed by atoms with Crippen LogP contribution in [0.2, 0.25) is 0 Å². The van der Waals surface area contributed by atoms with Crippen molar-refractivity contribution in [2.24, 2.45) is 0 Å². The van der Waals surface area contributed by atoms with Gasteiger partial charge in [0, 0.05) is 5.69 Å². The fraction of sp³-hybridized carbons (Fsp3) is 0.200. The van der Waals surface area contributed by atoms with Gasteiger partial charge in [0.1, 0.15) is 0 Å². The van der Waals surface area contributed by atoms with Crippen LogP contribution in [0.4, 0.5) is 5.69 Å². The first-order valence-corrected chi connectivity index (χ1v) is 4.91. The van der Waals surface area contributed by atoms with E-state index in [0.717, 1.165) is 18.5 Å². The molecule has 0 aromatic heterocycles. The predicted octanol–water partition coefficient (Wildman–Crippen LogP) is 2.95. The van der Waals surface area contributed by atoms with Crippen LogP contribution in [0.15, 0.2) is 23.2 Å². The van der Waals surface area contributed by atoms with E-state index < -0.39 is 0 Å². The number of hydrogen-bond donors (Lipinski definition) is 1. The number of anilines is 1. The van der Waals surface area contributed by atoms with Crippen LogP contribution >= 0.6 is 15.9 Å². The van der Waals surface area contributed by atoms with Crippen molar-refractivity contribution in [3.05, 3.63) is 34.3 Å². The smallest absolute Gasteiger partial charge is 0.0317 e. The van der Waals surface area contributed by atoms with Gasteiger partial charge in [-0.3, -0.25) is 0 Å². The highest BCUT2D eigenvalue weighted by atomic mass is 79.9. The van der Waals surface area contributed by atoms with Crippen molar-refractivity contribution < 1.29 is 0 Å². The topological polar surface area (TPSA) is 26.0 Å². The van der Waals surface area contributed by atoms with Gasteiger partial charge in [-0.1, -0.05) is 22.0 Å². The fourth-order valence-electron chi connectivity index (χ4n) is 1.65. The first-order valence-electron chi connectivity index (χ1n) is 3.99. The molecule has 2 rings (SSSR count). The molecule has 62 valence electrons. The van der Waals surface area contributed by atoms with Gasteiger partial charge < -0.3 is 5.73 Å². The number of nitrogen functional groups attached to an aromatic ring is 1. The van der Waals surface area contributed by atoms with E-state index >= 15 is 0 Å². The first-order chi connectivity index (χ1) is 5.81. The summed E-state index contributed by atoms with van der Waals surface area (Å²) in [4.78, 5) is 2.01. The predicted molar refractivity (Wildman–Crippen MR) is 56.1 cm³/mol. The van der Waals surface area contributed by atoms with E-state index in [1.54, 1.807) is 0 Å². The van der Waals surface area contributed by atoms with Crippen LogP contribution in [0.1, 0.15) is 17.5 Å². The van der Waals surface area contributed by atoms with Crippen molar-refractivity contribution in [3.63, 3.8) is 0 Å². The molecule has 0 saturated carbocycles. The number of aryl methyl sites for hydroxylation is 1. The van der Waals surface area contributed by atoms with Crippen molar-refractivity contribution in [2.75, 3.05) is 5.73 Å². The lowest BCUT2D eigenvalue weighted by Gasteiger charge is -2.00. The Kier molecular flexibility index (Phi) is 1.93. The molecule has 1 aliphatic carbocycles. The van der Waals surface area contributed by atoms with E-state index in [0.29, 0.717) is 0 Å². The zero-order valence-corrected chi connectivity index (χ0v) is 8.26. The molecule has 1 aromatic carbocycles. The SMILES string of the molecule is Nc1ccc2c(c1)CC/C2=C\Br. The van der Waals surface area contributed by atoms with Gasteiger partial charge in [-0.25, -0.2) is 0 Å². The molecule has 0 atom stereocenters. The maximum atomic E-state index is 5.69. The Balaban J connectivity index is 2.55. The zero-order chi connectivity index (χ0) is 8.55. The standard InChI is InChI=1S/C10H10BrN/c11-6-8-2-1-7-5-9(12)3-4-10(7)8/h3-6H,1-2,12H2/b8-6+. The molecular formula is C10H10BrN. The van der Waals surface area contributed by atoms with Crippen LogP contribution in [0.3, 0.4) is 0 Å². The lowest BCUT2D eigenvalue weighted by atomic mass is 10.1. The number of benzene rings is 1. The first kappa shape index (κ1) is 7.87. The molecule has 0 heterocycles. The Morgan fingerprint density at radius 1 is 1.33 bits per heavy atom. The molecule has 12 heavy (non-hydrogen) atoms. The molecule has 2 N–H and O–H groups in total. The van der Waals surface area contributed by atoms with Gasteiger partial charge in [0.05, 0.1) is 0 Å². The third-order valence-corrected chi connectivity index (χ3v) is 2.82. The minimum atomic E-state index is 0.865. The number of nitrogens with two attached hydrogens (primary N) is 1. The molecule has 1 aromatic rings. The maximum absolute atomic E-state index is 5.69. The van der Waals surface area contributed by atoms with E-state index in [-0.39, 0.29) is 0 Å². The highest BCUT2D eigenvalue weighted by molar-refractivity contribution is 9.11. The minimum Gasteiger partial charge on any atom is -0.399 e. The van der Waals surface area contributed by atoms with Gasteiger partial charge in [-0.05, 0) is 46.7 Å². The minimum absolute atomic E-state index is 0.865. The lowest BCUT2D eigenvalue weighted by molar-refractivity contribution is 1.08. The monoisotopic (exact) mass is 223 g/mol. The Hall–Kier alpha value is -0.760. The summed E-state index contributed by atoms with van der Waals surface area (Å²) in [6.45, 7) is 0. The quantitative estimate of drug-likeness (QED) is 0.673. The highest BCUT2D eigenvalue weighted by Crippen LogP contribution is 2.33. The Bertz CT molecular complexity index is 342. The van der Waals surface area contributed by atoms with E-state index in [9.17, 15) is 0 Å². The number of allylic oxidation sites excluding steroid dienone is 1. The number of rotatable bonds is 0.